The van der Waals surface area contributed by atoms with E-state index in [9.17, 15) is 5.11 Å². The van der Waals surface area contributed by atoms with E-state index in [1.54, 1.807) is 0 Å². The van der Waals surface area contributed by atoms with Gasteiger partial charge in [0, 0.05) is 32.6 Å². The van der Waals surface area contributed by atoms with Crippen LogP contribution in [0.4, 0.5) is 0 Å². The smallest absolute Gasteiger partial charge is 0.0815 e. The fraction of sp³-hybridized carbons (Fsp3) is 0.923. The van der Waals surface area contributed by atoms with Crippen LogP contribution < -0.4 is 5.32 Å². The van der Waals surface area contributed by atoms with Gasteiger partial charge in [0.15, 0.2) is 0 Å². The number of rotatable bonds is 6. The molecular weight excluding hydrogens is 216 g/mol. The maximum atomic E-state index is 10.2. The van der Waals surface area contributed by atoms with Gasteiger partial charge in [0.2, 0.25) is 0 Å². The van der Waals surface area contributed by atoms with Crippen molar-refractivity contribution < 1.29 is 9.84 Å². The summed E-state index contributed by atoms with van der Waals surface area (Å²) in [4.78, 5) is 0. The molecule has 17 heavy (non-hydrogen) atoms. The molecule has 1 aliphatic rings. The quantitative estimate of drug-likeness (QED) is 0.690. The third-order valence-corrected chi connectivity index (χ3v) is 3.34. The van der Waals surface area contributed by atoms with Crippen LogP contribution in [0.2, 0.25) is 0 Å². The molecule has 0 unspecified atom stereocenters. The maximum Gasteiger partial charge on any atom is 0.0815 e. The zero-order valence-electron chi connectivity index (χ0n) is 11.0. The highest BCUT2D eigenvalue weighted by Crippen LogP contribution is 2.21. The lowest BCUT2D eigenvalue weighted by atomic mass is 9.89. The zero-order valence-corrected chi connectivity index (χ0v) is 11.0. The summed E-state index contributed by atoms with van der Waals surface area (Å²) in [6, 6.07) is 2.30. The Kier molecular flexibility index (Phi) is 5.38. The third-order valence-electron chi connectivity index (χ3n) is 3.34. The molecule has 98 valence electrons. The monoisotopic (exact) mass is 240 g/mol. The minimum absolute atomic E-state index is 0.239. The summed E-state index contributed by atoms with van der Waals surface area (Å²) in [6.07, 6.45) is 3.28. The molecule has 1 saturated heterocycles. The van der Waals surface area contributed by atoms with Crippen molar-refractivity contribution in [2.75, 3.05) is 26.3 Å². The average Bonchev–Trinajstić information content (AvgIpc) is 2.29. The van der Waals surface area contributed by atoms with Crippen LogP contribution in [0.3, 0.4) is 0 Å². The molecule has 1 fully saturated rings. The number of aliphatic hydroxyl groups is 1. The Morgan fingerprint density at radius 2 is 2.06 bits per heavy atom. The fourth-order valence-corrected chi connectivity index (χ4v) is 1.96. The van der Waals surface area contributed by atoms with E-state index in [0.717, 1.165) is 19.4 Å². The fourth-order valence-electron chi connectivity index (χ4n) is 1.96. The predicted octanol–water partition coefficient (Wildman–Crippen LogP) is 1.45. The highest BCUT2D eigenvalue weighted by Gasteiger charge is 2.29. The first-order chi connectivity index (χ1) is 7.97. The van der Waals surface area contributed by atoms with Gasteiger partial charge in [-0.25, -0.2) is 0 Å². The molecule has 1 rings (SSSR count). The molecule has 0 atom stereocenters. The molecule has 0 spiro atoms. The van der Waals surface area contributed by atoms with Crippen molar-refractivity contribution in [1.29, 1.82) is 5.26 Å². The number of hydrogen-bond donors (Lipinski definition) is 2. The van der Waals surface area contributed by atoms with Gasteiger partial charge in [-0.3, -0.25) is 0 Å². The van der Waals surface area contributed by atoms with Crippen molar-refractivity contribution >= 4 is 0 Å². The van der Waals surface area contributed by atoms with E-state index in [1.165, 1.54) is 0 Å². The summed E-state index contributed by atoms with van der Waals surface area (Å²) >= 11 is 0. The van der Waals surface area contributed by atoms with Gasteiger partial charge in [0.05, 0.1) is 17.1 Å². The van der Waals surface area contributed by atoms with Crippen LogP contribution in [0.5, 0.6) is 0 Å². The number of ether oxygens (including phenoxy) is 1. The molecular formula is C13H24N2O2. The molecule has 4 heteroatoms. The highest BCUT2D eigenvalue weighted by atomic mass is 16.5. The van der Waals surface area contributed by atoms with Gasteiger partial charge in [-0.05, 0) is 33.2 Å². The average molecular weight is 240 g/mol. The predicted molar refractivity (Wildman–Crippen MR) is 66.5 cm³/mol. The second kappa shape index (κ2) is 6.34. The molecule has 0 aliphatic carbocycles. The van der Waals surface area contributed by atoms with E-state index in [1.807, 2.05) is 13.8 Å². The van der Waals surface area contributed by atoms with Gasteiger partial charge >= 0.3 is 0 Å². The standard InChI is InChI=1S/C13H24N2O2/c1-12(2,10-14)4-3-7-15-11-13(16)5-8-17-9-6-13/h15-16H,3-9,11H2,1-2H3. The van der Waals surface area contributed by atoms with Gasteiger partial charge in [-0.2, -0.15) is 5.26 Å². The largest absolute Gasteiger partial charge is 0.388 e. The van der Waals surface area contributed by atoms with Gasteiger partial charge in [0.25, 0.3) is 0 Å². The van der Waals surface area contributed by atoms with E-state index in [4.69, 9.17) is 10.00 Å². The topological polar surface area (TPSA) is 65.3 Å². The minimum atomic E-state index is -0.594. The summed E-state index contributed by atoms with van der Waals surface area (Å²) in [5.74, 6) is 0. The summed E-state index contributed by atoms with van der Waals surface area (Å²) in [6.45, 7) is 6.70. The number of hydrogen-bond acceptors (Lipinski definition) is 4. The first-order valence-electron chi connectivity index (χ1n) is 6.40. The van der Waals surface area contributed by atoms with Crippen LogP contribution in [0.1, 0.15) is 39.5 Å². The summed E-state index contributed by atoms with van der Waals surface area (Å²) in [5, 5.41) is 22.3. The van der Waals surface area contributed by atoms with Crippen molar-refractivity contribution in [2.45, 2.75) is 45.1 Å². The first kappa shape index (κ1) is 14.4. The van der Waals surface area contributed by atoms with E-state index < -0.39 is 5.60 Å². The normalized spacial score (nSPS) is 19.9. The zero-order chi connectivity index (χ0) is 12.8. The lowest BCUT2D eigenvalue weighted by Crippen LogP contribution is -2.45. The minimum Gasteiger partial charge on any atom is -0.388 e. The first-order valence-corrected chi connectivity index (χ1v) is 6.40. The molecule has 4 nitrogen and oxygen atoms in total. The number of nitriles is 1. The van der Waals surface area contributed by atoms with Crippen LogP contribution in [0, 0.1) is 16.7 Å². The molecule has 1 heterocycles. The molecule has 1 aliphatic heterocycles. The van der Waals surface area contributed by atoms with Crippen molar-refractivity contribution in [2.24, 2.45) is 5.41 Å². The SMILES string of the molecule is CC(C)(C#N)CCCNCC1(O)CCOCC1. The molecule has 0 bridgehead atoms. The Balaban J connectivity index is 2.10. The maximum absolute atomic E-state index is 10.2. The molecule has 0 aromatic carbocycles. The van der Waals surface area contributed by atoms with Crippen molar-refractivity contribution in [3.8, 4) is 6.07 Å². The van der Waals surface area contributed by atoms with Gasteiger partial charge < -0.3 is 15.2 Å². The van der Waals surface area contributed by atoms with Gasteiger partial charge in [-0.15, -0.1) is 0 Å². The molecule has 2 N–H and O–H groups in total. The molecule has 0 saturated carbocycles. The van der Waals surface area contributed by atoms with Crippen LogP contribution in [0.15, 0.2) is 0 Å². The third kappa shape index (κ3) is 5.49. The second-order valence-electron chi connectivity index (χ2n) is 5.61. The van der Waals surface area contributed by atoms with Gasteiger partial charge in [-0.1, -0.05) is 0 Å². The summed E-state index contributed by atoms with van der Waals surface area (Å²) in [7, 11) is 0. The van der Waals surface area contributed by atoms with Gasteiger partial charge in [0.1, 0.15) is 0 Å². The van der Waals surface area contributed by atoms with E-state index in [2.05, 4.69) is 11.4 Å². The van der Waals surface area contributed by atoms with E-state index in [-0.39, 0.29) is 5.41 Å². The van der Waals surface area contributed by atoms with Crippen LogP contribution in [-0.4, -0.2) is 37.0 Å². The van der Waals surface area contributed by atoms with Crippen molar-refractivity contribution in [1.82, 2.24) is 5.32 Å². The highest BCUT2D eigenvalue weighted by molar-refractivity contribution is 4.91. The number of nitrogens with zero attached hydrogens (tertiary/aromatic N) is 1. The van der Waals surface area contributed by atoms with Crippen molar-refractivity contribution in [3.63, 3.8) is 0 Å². The Morgan fingerprint density at radius 3 is 2.65 bits per heavy atom. The summed E-state index contributed by atoms with van der Waals surface area (Å²) < 4.78 is 5.23. The Morgan fingerprint density at radius 1 is 1.41 bits per heavy atom. The van der Waals surface area contributed by atoms with Crippen LogP contribution in [0.25, 0.3) is 0 Å². The second-order valence-corrected chi connectivity index (χ2v) is 5.61. The van der Waals surface area contributed by atoms with Crippen LogP contribution in [-0.2, 0) is 4.74 Å². The molecule has 0 radical (unpaired) electrons. The molecule has 0 aromatic rings. The Bertz CT molecular complexity index is 265. The van der Waals surface area contributed by atoms with E-state index >= 15 is 0 Å². The molecule has 0 amide bonds. The lowest BCUT2D eigenvalue weighted by Gasteiger charge is -2.32. The van der Waals surface area contributed by atoms with E-state index in [0.29, 0.717) is 32.6 Å². The molecule has 0 aromatic heterocycles. The van der Waals surface area contributed by atoms with Crippen LogP contribution >= 0.6 is 0 Å². The number of nitrogens with one attached hydrogen (secondary N) is 1. The lowest BCUT2D eigenvalue weighted by molar-refractivity contribution is -0.0614. The Labute approximate surface area is 104 Å². The summed E-state index contributed by atoms with van der Waals surface area (Å²) in [5.41, 5.74) is -0.833. The Hall–Kier alpha value is -0.630. The van der Waals surface area contributed by atoms with Crippen molar-refractivity contribution in [3.05, 3.63) is 0 Å².